The van der Waals surface area contributed by atoms with E-state index in [0.717, 1.165) is 11.5 Å². The summed E-state index contributed by atoms with van der Waals surface area (Å²) in [7, 11) is 1.88. The minimum Gasteiger partial charge on any atom is -0.398 e. The fraction of sp³-hybridized carbons (Fsp3) is 0.308. The highest BCUT2D eigenvalue weighted by molar-refractivity contribution is 5.47. The van der Waals surface area contributed by atoms with Crippen LogP contribution < -0.4 is 5.73 Å². The number of benzene rings is 1. The summed E-state index contributed by atoms with van der Waals surface area (Å²) < 4.78 is 18.6. The summed E-state index contributed by atoms with van der Waals surface area (Å²) in [4.78, 5) is 1.94. The Balaban J connectivity index is 2.05. The van der Waals surface area contributed by atoms with Crippen LogP contribution >= 0.6 is 0 Å². The molecule has 0 fully saturated rings. The van der Waals surface area contributed by atoms with E-state index in [2.05, 4.69) is 5.16 Å². The summed E-state index contributed by atoms with van der Waals surface area (Å²) in [5.41, 5.74) is 7.57. The van der Waals surface area contributed by atoms with Crippen molar-refractivity contribution in [2.24, 2.45) is 0 Å². The molecule has 0 atom stereocenters. The van der Waals surface area contributed by atoms with Gasteiger partial charge in [0.25, 0.3) is 0 Å². The highest BCUT2D eigenvalue weighted by atomic mass is 19.1. The highest BCUT2D eigenvalue weighted by Crippen LogP contribution is 2.18. The zero-order chi connectivity index (χ0) is 13.1. The maximum Gasteiger partial charge on any atom is 0.133 e. The SMILES string of the molecule is Cc1cc(CN(C)Cc2c(N)cccc2F)no1. The third-order valence-corrected chi connectivity index (χ3v) is 2.69. The highest BCUT2D eigenvalue weighted by Gasteiger charge is 2.10. The largest absolute Gasteiger partial charge is 0.398 e. The van der Waals surface area contributed by atoms with Crippen LogP contribution in [0.2, 0.25) is 0 Å². The molecule has 0 aliphatic rings. The van der Waals surface area contributed by atoms with Gasteiger partial charge in [0.2, 0.25) is 0 Å². The third-order valence-electron chi connectivity index (χ3n) is 2.69. The molecule has 0 bridgehead atoms. The molecule has 4 nitrogen and oxygen atoms in total. The number of halogens is 1. The van der Waals surface area contributed by atoms with Gasteiger partial charge in [0.05, 0.1) is 5.69 Å². The Hall–Kier alpha value is -1.88. The average molecular weight is 249 g/mol. The number of nitrogens with zero attached hydrogens (tertiary/aromatic N) is 2. The van der Waals surface area contributed by atoms with Gasteiger partial charge in [-0.25, -0.2) is 4.39 Å². The van der Waals surface area contributed by atoms with E-state index in [0.29, 0.717) is 24.3 Å². The van der Waals surface area contributed by atoms with E-state index in [-0.39, 0.29) is 5.82 Å². The summed E-state index contributed by atoms with van der Waals surface area (Å²) >= 11 is 0. The Morgan fingerprint density at radius 1 is 1.39 bits per heavy atom. The smallest absolute Gasteiger partial charge is 0.133 e. The number of hydrogen-bond acceptors (Lipinski definition) is 4. The number of aromatic nitrogens is 1. The van der Waals surface area contributed by atoms with Crippen molar-refractivity contribution in [2.45, 2.75) is 20.0 Å². The second-order valence-electron chi connectivity index (χ2n) is 4.41. The molecule has 2 N–H and O–H groups in total. The van der Waals surface area contributed by atoms with Crippen molar-refractivity contribution in [3.63, 3.8) is 0 Å². The zero-order valence-electron chi connectivity index (χ0n) is 10.5. The van der Waals surface area contributed by atoms with E-state index < -0.39 is 0 Å². The van der Waals surface area contributed by atoms with Crippen LogP contribution in [0.15, 0.2) is 28.8 Å². The van der Waals surface area contributed by atoms with Crippen molar-refractivity contribution < 1.29 is 8.91 Å². The van der Waals surface area contributed by atoms with Crippen molar-refractivity contribution in [2.75, 3.05) is 12.8 Å². The number of hydrogen-bond donors (Lipinski definition) is 1. The lowest BCUT2D eigenvalue weighted by molar-refractivity contribution is 0.298. The molecule has 0 saturated carbocycles. The van der Waals surface area contributed by atoms with E-state index in [4.69, 9.17) is 10.3 Å². The fourth-order valence-electron chi connectivity index (χ4n) is 1.84. The zero-order valence-corrected chi connectivity index (χ0v) is 10.5. The molecule has 1 heterocycles. The van der Waals surface area contributed by atoms with Gasteiger partial charge >= 0.3 is 0 Å². The number of nitrogens with two attached hydrogens (primary N) is 1. The van der Waals surface area contributed by atoms with Crippen LogP contribution in [0.4, 0.5) is 10.1 Å². The Morgan fingerprint density at radius 2 is 2.17 bits per heavy atom. The fourth-order valence-corrected chi connectivity index (χ4v) is 1.84. The number of anilines is 1. The molecule has 1 aromatic carbocycles. The van der Waals surface area contributed by atoms with Crippen LogP contribution in [0.25, 0.3) is 0 Å². The molecule has 0 aliphatic heterocycles. The Morgan fingerprint density at radius 3 is 2.78 bits per heavy atom. The molecule has 0 spiro atoms. The van der Waals surface area contributed by atoms with Gasteiger partial charge in [0.15, 0.2) is 0 Å². The van der Waals surface area contributed by atoms with E-state index in [1.165, 1.54) is 6.07 Å². The molecule has 0 saturated heterocycles. The maximum absolute atomic E-state index is 13.6. The van der Waals surface area contributed by atoms with Gasteiger partial charge in [0.1, 0.15) is 11.6 Å². The first kappa shape index (κ1) is 12.6. The van der Waals surface area contributed by atoms with Crippen molar-refractivity contribution >= 4 is 5.69 Å². The molecule has 2 aromatic rings. The lowest BCUT2D eigenvalue weighted by Gasteiger charge is -2.16. The first-order valence-electron chi connectivity index (χ1n) is 5.70. The average Bonchev–Trinajstić information content (AvgIpc) is 2.69. The molecule has 18 heavy (non-hydrogen) atoms. The minimum absolute atomic E-state index is 0.279. The molecule has 2 rings (SSSR count). The number of rotatable bonds is 4. The molecule has 0 amide bonds. The van der Waals surface area contributed by atoms with Gasteiger partial charge in [-0.05, 0) is 26.1 Å². The predicted molar refractivity (Wildman–Crippen MR) is 67.2 cm³/mol. The van der Waals surface area contributed by atoms with Crippen LogP contribution in [-0.2, 0) is 13.1 Å². The Kier molecular flexibility index (Phi) is 3.62. The Labute approximate surface area is 105 Å². The summed E-state index contributed by atoms with van der Waals surface area (Å²) in [6.45, 7) is 2.86. The van der Waals surface area contributed by atoms with Crippen molar-refractivity contribution in [1.29, 1.82) is 0 Å². The second-order valence-corrected chi connectivity index (χ2v) is 4.41. The monoisotopic (exact) mass is 249 g/mol. The van der Waals surface area contributed by atoms with E-state index in [9.17, 15) is 4.39 Å². The van der Waals surface area contributed by atoms with Gasteiger partial charge in [-0.1, -0.05) is 11.2 Å². The minimum atomic E-state index is -0.279. The van der Waals surface area contributed by atoms with E-state index >= 15 is 0 Å². The molecule has 5 heteroatoms. The summed E-state index contributed by atoms with van der Waals surface area (Å²) in [6.07, 6.45) is 0. The molecular weight excluding hydrogens is 233 g/mol. The topological polar surface area (TPSA) is 55.3 Å². The Bertz CT molecular complexity index is 519. The molecule has 0 aliphatic carbocycles. The number of aryl methyl sites for hydroxylation is 1. The quantitative estimate of drug-likeness (QED) is 0.845. The lowest BCUT2D eigenvalue weighted by Crippen LogP contribution is -2.19. The maximum atomic E-state index is 13.6. The standard InChI is InChI=1S/C13H16FN3O/c1-9-6-10(16-18-9)7-17(2)8-11-12(14)4-3-5-13(11)15/h3-6H,7-8,15H2,1-2H3. The van der Waals surface area contributed by atoms with Crippen molar-refractivity contribution in [1.82, 2.24) is 10.1 Å². The van der Waals surface area contributed by atoms with Gasteiger partial charge in [-0.2, -0.15) is 0 Å². The number of nitrogen functional groups attached to an aromatic ring is 1. The first-order chi connectivity index (χ1) is 8.56. The first-order valence-corrected chi connectivity index (χ1v) is 5.70. The van der Waals surface area contributed by atoms with Crippen LogP contribution in [0.5, 0.6) is 0 Å². The van der Waals surface area contributed by atoms with Crippen LogP contribution in [0.3, 0.4) is 0 Å². The molecule has 1 aromatic heterocycles. The van der Waals surface area contributed by atoms with Crippen LogP contribution in [0.1, 0.15) is 17.0 Å². The van der Waals surface area contributed by atoms with E-state index in [1.807, 2.05) is 24.9 Å². The second kappa shape index (κ2) is 5.18. The van der Waals surface area contributed by atoms with E-state index in [1.54, 1.807) is 12.1 Å². The normalized spacial score (nSPS) is 11.1. The van der Waals surface area contributed by atoms with Gasteiger partial charge in [0, 0.05) is 30.4 Å². The molecular formula is C13H16FN3O. The molecule has 96 valence electrons. The van der Waals surface area contributed by atoms with Crippen molar-refractivity contribution in [3.8, 4) is 0 Å². The van der Waals surface area contributed by atoms with Gasteiger partial charge < -0.3 is 10.3 Å². The molecule has 0 unspecified atom stereocenters. The summed E-state index contributed by atoms with van der Waals surface area (Å²) in [6, 6.07) is 6.59. The third kappa shape index (κ3) is 2.87. The van der Waals surface area contributed by atoms with Crippen molar-refractivity contribution in [3.05, 3.63) is 47.1 Å². The van der Waals surface area contributed by atoms with Gasteiger partial charge in [-0.15, -0.1) is 0 Å². The lowest BCUT2D eigenvalue weighted by atomic mass is 10.1. The van der Waals surface area contributed by atoms with Gasteiger partial charge in [-0.3, -0.25) is 4.90 Å². The van der Waals surface area contributed by atoms with Crippen LogP contribution in [0, 0.1) is 12.7 Å². The molecule has 0 radical (unpaired) electrons. The summed E-state index contributed by atoms with van der Waals surface area (Å²) in [5.74, 6) is 0.488. The predicted octanol–water partition coefficient (Wildman–Crippen LogP) is 2.34. The van der Waals surface area contributed by atoms with Crippen LogP contribution in [-0.4, -0.2) is 17.1 Å². The summed E-state index contributed by atoms with van der Waals surface area (Å²) in [5, 5.41) is 3.90.